The Morgan fingerprint density at radius 2 is 2.07 bits per heavy atom. The van der Waals surface area contributed by atoms with Gasteiger partial charge in [-0.3, -0.25) is 10.1 Å². The first-order valence-corrected chi connectivity index (χ1v) is 4.18. The quantitative estimate of drug-likeness (QED) is 0.453. The average molecular weight is 193 g/mol. The molecular formula is C10H11NO3. The molecule has 0 heterocycles. The molecule has 1 atom stereocenters. The minimum atomic E-state index is -0.631. The van der Waals surface area contributed by atoms with Crippen LogP contribution in [0.5, 0.6) is 0 Å². The number of benzene rings is 1. The molecule has 0 aliphatic carbocycles. The summed E-state index contributed by atoms with van der Waals surface area (Å²) in [5, 5.41) is 19.8. The molecule has 0 amide bonds. The fourth-order valence-electron chi connectivity index (χ4n) is 1.11. The van der Waals surface area contributed by atoms with Crippen molar-refractivity contribution in [2.24, 2.45) is 0 Å². The van der Waals surface area contributed by atoms with Gasteiger partial charge in [-0.05, 0) is 24.1 Å². The Hall–Kier alpha value is -1.68. The summed E-state index contributed by atoms with van der Waals surface area (Å²) in [7, 11) is 0. The summed E-state index contributed by atoms with van der Waals surface area (Å²) in [4.78, 5) is 9.87. The van der Waals surface area contributed by atoms with E-state index in [0.29, 0.717) is 12.0 Å². The maximum atomic E-state index is 10.3. The fourth-order valence-corrected chi connectivity index (χ4v) is 1.11. The first kappa shape index (κ1) is 10.4. The molecule has 0 saturated heterocycles. The highest BCUT2D eigenvalue weighted by Gasteiger charge is 2.08. The highest BCUT2D eigenvalue weighted by molar-refractivity contribution is 5.33. The van der Waals surface area contributed by atoms with Crippen LogP contribution < -0.4 is 0 Å². The van der Waals surface area contributed by atoms with Crippen LogP contribution in [0.15, 0.2) is 36.9 Å². The standard InChI is InChI=1S/C10H11NO3/c1-2-3-10(12)8-4-6-9(7-5-8)11(13)14/h2,4-7,10,12H,1,3H2. The van der Waals surface area contributed by atoms with E-state index in [2.05, 4.69) is 6.58 Å². The zero-order valence-corrected chi connectivity index (χ0v) is 7.59. The molecule has 1 rings (SSSR count). The Labute approximate surface area is 81.6 Å². The molecule has 1 aromatic rings. The average Bonchev–Trinajstić information content (AvgIpc) is 2.18. The van der Waals surface area contributed by atoms with Crippen LogP contribution in [0.2, 0.25) is 0 Å². The van der Waals surface area contributed by atoms with E-state index in [1.807, 2.05) is 0 Å². The van der Waals surface area contributed by atoms with Crippen molar-refractivity contribution in [2.45, 2.75) is 12.5 Å². The molecule has 74 valence electrons. The molecule has 1 unspecified atom stereocenters. The molecule has 0 spiro atoms. The van der Waals surface area contributed by atoms with Gasteiger partial charge in [0.2, 0.25) is 0 Å². The van der Waals surface area contributed by atoms with Crippen LogP contribution in [0.25, 0.3) is 0 Å². The van der Waals surface area contributed by atoms with E-state index in [-0.39, 0.29) is 5.69 Å². The van der Waals surface area contributed by atoms with Crippen molar-refractivity contribution < 1.29 is 10.0 Å². The van der Waals surface area contributed by atoms with Crippen LogP contribution in [0.4, 0.5) is 5.69 Å². The first-order valence-electron chi connectivity index (χ1n) is 4.18. The number of rotatable bonds is 4. The number of nitrogens with zero attached hydrogens (tertiary/aromatic N) is 1. The van der Waals surface area contributed by atoms with Crippen LogP contribution in [0, 0.1) is 10.1 Å². The highest BCUT2D eigenvalue weighted by atomic mass is 16.6. The van der Waals surface area contributed by atoms with Gasteiger partial charge in [0.15, 0.2) is 0 Å². The van der Waals surface area contributed by atoms with Gasteiger partial charge in [0.25, 0.3) is 5.69 Å². The van der Waals surface area contributed by atoms with Crippen LogP contribution in [-0.4, -0.2) is 10.0 Å². The highest BCUT2D eigenvalue weighted by Crippen LogP contribution is 2.19. The lowest BCUT2D eigenvalue weighted by Gasteiger charge is -2.06. The number of aliphatic hydroxyl groups excluding tert-OH is 1. The predicted molar refractivity (Wildman–Crippen MR) is 52.9 cm³/mol. The maximum Gasteiger partial charge on any atom is 0.269 e. The van der Waals surface area contributed by atoms with Crippen molar-refractivity contribution in [3.63, 3.8) is 0 Å². The second-order valence-corrected chi connectivity index (χ2v) is 2.89. The van der Waals surface area contributed by atoms with Gasteiger partial charge in [-0.2, -0.15) is 0 Å². The van der Waals surface area contributed by atoms with Crippen LogP contribution in [0.3, 0.4) is 0 Å². The van der Waals surface area contributed by atoms with Crippen molar-refractivity contribution in [3.8, 4) is 0 Å². The fraction of sp³-hybridized carbons (Fsp3) is 0.200. The Morgan fingerprint density at radius 1 is 1.50 bits per heavy atom. The second kappa shape index (κ2) is 4.53. The van der Waals surface area contributed by atoms with Crippen molar-refractivity contribution in [1.82, 2.24) is 0 Å². The summed E-state index contributed by atoms with van der Waals surface area (Å²) in [5.74, 6) is 0. The van der Waals surface area contributed by atoms with Crippen LogP contribution in [0.1, 0.15) is 18.1 Å². The third kappa shape index (κ3) is 2.40. The number of hydrogen-bond acceptors (Lipinski definition) is 3. The molecular weight excluding hydrogens is 182 g/mol. The Kier molecular flexibility index (Phi) is 3.36. The predicted octanol–water partition coefficient (Wildman–Crippen LogP) is 2.20. The Bertz CT molecular complexity index is 332. The van der Waals surface area contributed by atoms with Gasteiger partial charge in [-0.15, -0.1) is 6.58 Å². The third-order valence-corrected chi connectivity index (χ3v) is 1.88. The van der Waals surface area contributed by atoms with E-state index in [0.717, 1.165) is 0 Å². The van der Waals surface area contributed by atoms with Gasteiger partial charge < -0.3 is 5.11 Å². The van der Waals surface area contributed by atoms with E-state index in [4.69, 9.17) is 0 Å². The molecule has 0 aliphatic heterocycles. The van der Waals surface area contributed by atoms with Gasteiger partial charge in [0.1, 0.15) is 0 Å². The van der Waals surface area contributed by atoms with Gasteiger partial charge in [0.05, 0.1) is 11.0 Å². The zero-order valence-electron chi connectivity index (χ0n) is 7.59. The lowest BCUT2D eigenvalue weighted by Crippen LogP contribution is -1.96. The molecule has 4 nitrogen and oxygen atoms in total. The van der Waals surface area contributed by atoms with E-state index < -0.39 is 11.0 Å². The summed E-state index contributed by atoms with van der Waals surface area (Å²) in [6, 6.07) is 5.85. The Balaban J connectivity index is 2.82. The van der Waals surface area contributed by atoms with E-state index in [9.17, 15) is 15.2 Å². The second-order valence-electron chi connectivity index (χ2n) is 2.89. The minimum absolute atomic E-state index is 0.0274. The summed E-state index contributed by atoms with van der Waals surface area (Å²) in [6.07, 6.45) is 1.41. The molecule has 0 saturated carbocycles. The van der Waals surface area contributed by atoms with Gasteiger partial charge in [-0.1, -0.05) is 6.08 Å². The number of nitro benzene ring substituents is 1. The van der Waals surface area contributed by atoms with Crippen molar-refractivity contribution in [3.05, 3.63) is 52.6 Å². The normalized spacial score (nSPS) is 12.1. The number of nitro groups is 1. The molecule has 1 aromatic carbocycles. The summed E-state index contributed by atoms with van der Waals surface area (Å²) < 4.78 is 0. The molecule has 1 N–H and O–H groups in total. The van der Waals surface area contributed by atoms with Gasteiger partial charge >= 0.3 is 0 Å². The van der Waals surface area contributed by atoms with Crippen LogP contribution >= 0.6 is 0 Å². The third-order valence-electron chi connectivity index (χ3n) is 1.88. The maximum absolute atomic E-state index is 10.3. The molecule has 4 heteroatoms. The van der Waals surface area contributed by atoms with E-state index >= 15 is 0 Å². The molecule has 0 aromatic heterocycles. The lowest BCUT2D eigenvalue weighted by atomic mass is 10.1. The summed E-state index contributed by atoms with van der Waals surface area (Å²) in [6.45, 7) is 3.50. The summed E-state index contributed by atoms with van der Waals surface area (Å²) >= 11 is 0. The van der Waals surface area contributed by atoms with Crippen LogP contribution in [-0.2, 0) is 0 Å². The Morgan fingerprint density at radius 3 is 2.50 bits per heavy atom. The van der Waals surface area contributed by atoms with Gasteiger partial charge in [-0.25, -0.2) is 0 Å². The molecule has 0 aliphatic rings. The monoisotopic (exact) mass is 193 g/mol. The molecule has 14 heavy (non-hydrogen) atoms. The van der Waals surface area contributed by atoms with Gasteiger partial charge in [0, 0.05) is 12.1 Å². The number of non-ortho nitro benzene ring substituents is 1. The smallest absolute Gasteiger partial charge is 0.269 e. The minimum Gasteiger partial charge on any atom is -0.388 e. The first-order chi connectivity index (χ1) is 6.65. The van der Waals surface area contributed by atoms with E-state index in [1.54, 1.807) is 18.2 Å². The van der Waals surface area contributed by atoms with Crippen molar-refractivity contribution in [1.29, 1.82) is 0 Å². The largest absolute Gasteiger partial charge is 0.388 e. The topological polar surface area (TPSA) is 63.4 Å². The molecule has 0 bridgehead atoms. The van der Waals surface area contributed by atoms with Crippen molar-refractivity contribution >= 4 is 5.69 Å². The van der Waals surface area contributed by atoms with E-state index in [1.165, 1.54) is 12.1 Å². The zero-order chi connectivity index (χ0) is 10.6. The SMILES string of the molecule is C=CCC(O)c1ccc([N+](=O)[O-])cc1. The molecule has 0 fully saturated rings. The van der Waals surface area contributed by atoms with Crippen molar-refractivity contribution in [2.75, 3.05) is 0 Å². The number of aliphatic hydroxyl groups is 1. The lowest BCUT2D eigenvalue weighted by molar-refractivity contribution is -0.384. The molecule has 0 radical (unpaired) electrons. The number of hydrogen-bond donors (Lipinski definition) is 1. The summed E-state index contributed by atoms with van der Waals surface area (Å²) in [5.41, 5.74) is 0.690.